The molecule has 1 aliphatic carbocycles. The van der Waals surface area contributed by atoms with Gasteiger partial charge in [-0.2, -0.15) is 0 Å². The quantitative estimate of drug-likeness (QED) is 0.100. The fourth-order valence-corrected chi connectivity index (χ4v) is 7.42. The number of alkyl halides is 2. The largest absolute Gasteiger partial charge is 0.444 e. The van der Waals surface area contributed by atoms with Gasteiger partial charge in [0.05, 0.1) is 11.0 Å². The zero-order valence-corrected chi connectivity index (χ0v) is 29.5. The van der Waals surface area contributed by atoms with Gasteiger partial charge >= 0.3 is 6.09 Å². The van der Waals surface area contributed by atoms with Gasteiger partial charge in [0.25, 0.3) is 0 Å². The topological polar surface area (TPSA) is 96.8 Å². The van der Waals surface area contributed by atoms with Crippen molar-refractivity contribution in [1.82, 2.24) is 9.29 Å². The third-order valence-electron chi connectivity index (χ3n) is 7.28. The van der Waals surface area contributed by atoms with Crippen LogP contribution in [0.5, 0.6) is 0 Å². The maximum absolute atomic E-state index is 14.6. The standard InChI is InChI=1S/C34H47F3N4O4S2/c1-6-27(41(22-43-5)47-29-19-26(36)10-11-28(29)37)9-7-8-25(20-35)31(38)32(46-21-23-13-16-44-17-14-23)24-12-15-39-30(18-24)40-33(42)45-34(2,3)4/h8-10,12,15,18-19,23,28,32,38H,6-7,11,13-14,16-17,20-22H2,1-5H3,(H,39,40,42)/b25-8+,27-9?,38-31?. The Morgan fingerprint density at radius 1 is 1.30 bits per heavy atom. The number of pyridine rings is 1. The van der Waals surface area contributed by atoms with Crippen LogP contribution in [0.4, 0.5) is 23.8 Å². The molecular formula is C34H47F3N4O4S2. The number of hydrogen-bond donors (Lipinski definition) is 2. The van der Waals surface area contributed by atoms with Crippen LogP contribution in [0.25, 0.3) is 0 Å². The number of anilines is 1. The molecule has 0 spiro atoms. The van der Waals surface area contributed by atoms with E-state index in [1.165, 1.54) is 19.3 Å². The smallest absolute Gasteiger partial charge is 0.413 e. The molecule has 1 aromatic heterocycles. The van der Waals surface area contributed by atoms with Crippen LogP contribution in [-0.2, 0) is 14.2 Å². The summed E-state index contributed by atoms with van der Waals surface area (Å²) in [5.74, 6) is 0.977. The Labute approximate surface area is 285 Å². The van der Waals surface area contributed by atoms with Crippen LogP contribution in [0, 0.1) is 11.3 Å². The van der Waals surface area contributed by atoms with E-state index in [4.69, 9.17) is 19.6 Å². The first-order valence-corrected chi connectivity index (χ1v) is 17.6. The second kappa shape index (κ2) is 19.3. The van der Waals surface area contributed by atoms with Crippen LogP contribution in [0.15, 0.2) is 64.6 Å². The second-order valence-electron chi connectivity index (χ2n) is 12.2. The number of nitrogens with zero attached hydrogens (tertiary/aromatic N) is 2. The van der Waals surface area contributed by atoms with Gasteiger partial charge in [-0.1, -0.05) is 19.1 Å². The molecule has 47 heavy (non-hydrogen) atoms. The number of carbonyl (C=O) groups excluding carboxylic acids is 1. The average Bonchev–Trinajstić information content (AvgIpc) is 3.02. The number of nitrogens with one attached hydrogen (secondary N) is 2. The fourth-order valence-electron chi connectivity index (χ4n) is 4.86. The van der Waals surface area contributed by atoms with Crippen molar-refractivity contribution in [2.75, 3.05) is 44.8 Å². The van der Waals surface area contributed by atoms with Gasteiger partial charge in [-0.05, 0) is 99.9 Å². The Morgan fingerprint density at radius 2 is 2.04 bits per heavy atom. The molecule has 3 rings (SSSR count). The summed E-state index contributed by atoms with van der Waals surface area (Å²) in [6.07, 6.45) is 8.31. The van der Waals surface area contributed by atoms with Crippen molar-refractivity contribution in [3.8, 4) is 0 Å². The number of amides is 1. The van der Waals surface area contributed by atoms with E-state index in [0.29, 0.717) is 37.5 Å². The number of hydrogen-bond acceptors (Lipinski definition) is 9. The molecule has 1 fully saturated rings. The number of thioether (sulfide) groups is 1. The van der Waals surface area contributed by atoms with E-state index in [1.807, 2.05) is 13.0 Å². The van der Waals surface area contributed by atoms with Crippen LogP contribution < -0.4 is 5.32 Å². The Morgan fingerprint density at radius 3 is 2.70 bits per heavy atom. The molecule has 1 saturated heterocycles. The Hall–Kier alpha value is -2.74. The van der Waals surface area contributed by atoms with Crippen LogP contribution in [0.3, 0.4) is 0 Å². The highest BCUT2D eigenvalue weighted by atomic mass is 32.2. The van der Waals surface area contributed by atoms with Gasteiger partial charge in [0.1, 0.15) is 36.8 Å². The molecule has 0 aromatic carbocycles. The lowest BCUT2D eigenvalue weighted by atomic mass is 10.0. The first-order chi connectivity index (χ1) is 22.4. The molecular weight excluding hydrogens is 650 g/mol. The number of allylic oxidation sites excluding steroid dienone is 8. The summed E-state index contributed by atoms with van der Waals surface area (Å²) in [5.41, 5.74) is 1.21. The zero-order chi connectivity index (χ0) is 34.4. The SMILES string of the molecule is CCC(=CC/C=C(\CF)C(=N)C(SCC1CCOCC1)c1ccnc(NC(=O)OC(C)(C)C)c1)N(COC)SC1=CC(F)=CCC1F. The minimum atomic E-state index is -1.31. The Balaban J connectivity index is 1.83. The summed E-state index contributed by atoms with van der Waals surface area (Å²) in [6, 6.07) is 3.47. The molecule has 2 atom stereocenters. The molecule has 260 valence electrons. The summed E-state index contributed by atoms with van der Waals surface area (Å²) >= 11 is 2.65. The number of methoxy groups -OCH3 is 1. The zero-order valence-electron chi connectivity index (χ0n) is 27.8. The van der Waals surface area contributed by atoms with E-state index < -0.39 is 35.6 Å². The van der Waals surface area contributed by atoms with E-state index in [-0.39, 0.29) is 35.2 Å². The van der Waals surface area contributed by atoms with Crippen LogP contribution in [0.1, 0.15) is 70.6 Å². The highest BCUT2D eigenvalue weighted by molar-refractivity contribution is 8.01. The van der Waals surface area contributed by atoms with Crippen molar-refractivity contribution in [2.24, 2.45) is 5.92 Å². The van der Waals surface area contributed by atoms with E-state index in [9.17, 15) is 18.0 Å². The second-order valence-corrected chi connectivity index (χ2v) is 14.4. The van der Waals surface area contributed by atoms with Crippen molar-refractivity contribution in [3.05, 3.63) is 70.2 Å². The van der Waals surface area contributed by atoms with Crippen LogP contribution in [-0.4, -0.2) is 72.3 Å². The molecule has 0 bridgehead atoms. The van der Waals surface area contributed by atoms with Gasteiger partial charge in [0.2, 0.25) is 0 Å². The van der Waals surface area contributed by atoms with Crippen LogP contribution in [0.2, 0.25) is 0 Å². The predicted octanol–water partition coefficient (Wildman–Crippen LogP) is 9.26. The molecule has 1 aliphatic heterocycles. The third-order valence-corrected chi connectivity index (χ3v) is 9.93. The van der Waals surface area contributed by atoms with Crippen molar-refractivity contribution in [2.45, 2.75) is 76.8 Å². The molecule has 1 aromatic rings. The van der Waals surface area contributed by atoms with Gasteiger partial charge in [-0.15, -0.1) is 11.8 Å². The number of aromatic nitrogens is 1. The first-order valence-electron chi connectivity index (χ1n) is 15.8. The average molecular weight is 697 g/mol. The lowest BCUT2D eigenvalue weighted by Crippen LogP contribution is -2.27. The minimum Gasteiger partial charge on any atom is -0.444 e. The van der Waals surface area contributed by atoms with Crippen molar-refractivity contribution < 1.29 is 32.2 Å². The van der Waals surface area contributed by atoms with Gasteiger partial charge in [0.15, 0.2) is 0 Å². The van der Waals surface area contributed by atoms with Gasteiger partial charge < -0.3 is 19.6 Å². The molecule has 2 unspecified atom stereocenters. The maximum atomic E-state index is 14.6. The molecule has 1 amide bonds. The van der Waals surface area contributed by atoms with Crippen molar-refractivity contribution in [1.29, 1.82) is 5.41 Å². The molecule has 13 heteroatoms. The first kappa shape index (κ1) is 38.7. The number of halogens is 3. The fraction of sp³-hybridized carbons (Fsp3) is 0.559. The summed E-state index contributed by atoms with van der Waals surface area (Å²) in [5, 5.41) is 11.3. The number of rotatable bonds is 16. The number of ether oxygens (including phenoxy) is 3. The maximum Gasteiger partial charge on any atom is 0.413 e. The highest BCUT2D eigenvalue weighted by Crippen LogP contribution is 2.37. The summed E-state index contributed by atoms with van der Waals surface area (Å²) in [7, 11) is 1.53. The lowest BCUT2D eigenvalue weighted by molar-refractivity contribution is 0.0635. The van der Waals surface area contributed by atoms with E-state index >= 15 is 0 Å². The monoisotopic (exact) mass is 696 g/mol. The number of carbonyl (C=O) groups is 1. The third kappa shape index (κ3) is 13.0. The van der Waals surface area contributed by atoms with Crippen molar-refractivity contribution >= 4 is 41.3 Å². The van der Waals surface area contributed by atoms with Crippen molar-refractivity contribution in [3.63, 3.8) is 0 Å². The van der Waals surface area contributed by atoms with Gasteiger partial charge in [-0.25, -0.2) is 22.9 Å². The van der Waals surface area contributed by atoms with E-state index in [2.05, 4.69) is 10.3 Å². The van der Waals surface area contributed by atoms with E-state index in [0.717, 1.165) is 36.2 Å². The molecule has 2 heterocycles. The molecule has 0 saturated carbocycles. The normalized spacial score (nSPS) is 18.7. The highest BCUT2D eigenvalue weighted by Gasteiger charge is 2.26. The lowest BCUT2D eigenvalue weighted by Gasteiger charge is -2.27. The molecule has 0 radical (unpaired) electrons. The minimum absolute atomic E-state index is 0.0227. The van der Waals surface area contributed by atoms with E-state index in [1.54, 1.807) is 61.2 Å². The van der Waals surface area contributed by atoms with Crippen LogP contribution >= 0.6 is 23.7 Å². The van der Waals surface area contributed by atoms with Gasteiger partial charge in [0, 0.05) is 49.1 Å². The Kier molecular flexibility index (Phi) is 15.9. The molecule has 2 N–H and O–H groups in total. The summed E-state index contributed by atoms with van der Waals surface area (Å²) in [4.78, 5) is 16.9. The summed E-state index contributed by atoms with van der Waals surface area (Å²) < 4.78 is 61.0. The predicted molar refractivity (Wildman–Crippen MR) is 186 cm³/mol. The molecule has 2 aliphatic rings. The Bertz CT molecular complexity index is 1330. The molecule has 8 nitrogen and oxygen atoms in total. The van der Waals surface area contributed by atoms with Gasteiger partial charge in [-0.3, -0.25) is 9.62 Å². The summed E-state index contributed by atoms with van der Waals surface area (Å²) in [6.45, 7) is 7.94.